The van der Waals surface area contributed by atoms with Crippen LogP contribution in [0, 0.1) is 5.92 Å². The van der Waals surface area contributed by atoms with Gasteiger partial charge in [0.1, 0.15) is 12.4 Å². The standard InChI is InChI=1S/C12H10O5/c1-16-6-8(13)10-11(14)7-4-2-3-5-9(7)17-12(10)15/h2-5,10H,6H2,1H3. The predicted molar refractivity (Wildman–Crippen MR) is 56.8 cm³/mol. The summed E-state index contributed by atoms with van der Waals surface area (Å²) in [5, 5.41) is 0. The number of esters is 1. The van der Waals surface area contributed by atoms with Crippen LogP contribution in [-0.2, 0) is 14.3 Å². The molecule has 0 saturated carbocycles. The molecule has 0 aliphatic carbocycles. The maximum atomic E-state index is 12.0. The third kappa shape index (κ3) is 1.97. The van der Waals surface area contributed by atoms with Crippen LogP contribution in [0.1, 0.15) is 10.4 Å². The smallest absolute Gasteiger partial charge is 0.330 e. The molecule has 0 radical (unpaired) electrons. The second-order valence-electron chi connectivity index (χ2n) is 3.61. The van der Waals surface area contributed by atoms with Gasteiger partial charge in [-0.3, -0.25) is 14.4 Å². The number of methoxy groups -OCH3 is 1. The summed E-state index contributed by atoms with van der Waals surface area (Å²) in [5.74, 6) is -3.15. The van der Waals surface area contributed by atoms with Gasteiger partial charge in [-0.15, -0.1) is 0 Å². The average Bonchev–Trinajstić information content (AvgIpc) is 2.29. The Hall–Kier alpha value is -2.01. The lowest BCUT2D eigenvalue weighted by Crippen LogP contribution is -2.40. The van der Waals surface area contributed by atoms with Crippen LogP contribution in [0.25, 0.3) is 0 Å². The Balaban J connectivity index is 2.37. The molecule has 1 aliphatic rings. The number of benzene rings is 1. The van der Waals surface area contributed by atoms with Crippen molar-refractivity contribution in [2.45, 2.75) is 0 Å². The first-order valence-corrected chi connectivity index (χ1v) is 5.01. The quantitative estimate of drug-likeness (QED) is 0.435. The van der Waals surface area contributed by atoms with E-state index in [2.05, 4.69) is 4.74 Å². The van der Waals surface area contributed by atoms with E-state index in [9.17, 15) is 14.4 Å². The molecule has 5 nitrogen and oxygen atoms in total. The Labute approximate surface area is 97.3 Å². The normalized spacial score (nSPS) is 18.5. The molecule has 1 aromatic carbocycles. The van der Waals surface area contributed by atoms with Crippen LogP contribution >= 0.6 is 0 Å². The van der Waals surface area contributed by atoms with E-state index in [1.807, 2.05) is 0 Å². The molecule has 0 aromatic heterocycles. The van der Waals surface area contributed by atoms with Crippen LogP contribution in [-0.4, -0.2) is 31.3 Å². The first kappa shape index (κ1) is 11.5. The van der Waals surface area contributed by atoms with Gasteiger partial charge in [-0.05, 0) is 12.1 Å². The third-order valence-electron chi connectivity index (χ3n) is 2.47. The van der Waals surface area contributed by atoms with E-state index in [4.69, 9.17) is 4.74 Å². The summed E-state index contributed by atoms with van der Waals surface area (Å²) in [7, 11) is 1.32. The molecule has 1 heterocycles. The summed E-state index contributed by atoms with van der Waals surface area (Å²) in [6, 6.07) is 6.34. The molecule has 0 saturated heterocycles. The van der Waals surface area contributed by atoms with Crippen LogP contribution < -0.4 is 4.74 Å². The SMILES string of the molecule is COCC(=O)C1C(=O)Oc2ccccc2C1=O. The molecule has 1 aromatic rings. The lowest BCUT2D eigenvalue weighted by molar-refractivity contribution is -0.143. The molecule has 0 bridgehead atoms. The van der Waals surface area contributed by atoms with E-state index in [-0.39, 0.29) is 17.9 Å². The van der Waals surface area contributed by atoms with E-state index in [1.54, 1.807) is 12.1 Å². The molecule has 17 heavy (non-hydrogen) atoms. The number of para-hydroxylation sites is 1. The summed E-state index contributed by atoms with van der Waals surface area (Å²) in [5.41, 5.74) is 0.251. The van der Waals surface area contributed by atoms with Gasteiger partial charge in [0.25, 0.3) is 0 Å². The van der Waals surface area contributed by atoms with Crippen molar-refractivity contribution in [1.29, 1.82) is 0 Å². The van der Waals surface area contributed by atoms with Crippen molar-refractivity contribution in [1.82, 2.24) is 0 Å². The van der Waals surface area contributed by atoms with E-state index < -0.39 is 23.5 Å². The number of carbonyl (C=O) groups is 3. The van der Waals surface area contributed by atoms with Crippen LogP contribution in [0.3, 0.4) is 0 Å². The third-order valence-corrected chi connectivity index (χ3v) is 2.47. The second-order valence-corrected chi connectivity index (χ2v) is 3.61. The van der Waals surface area contributed by atoms with Crippen LogP contribution in [0.2, 0.25) is 0 Å². The molecule has 0 spiro atoms. The van der Waals surface area contributed by atoms with Gasteiger partial charge in [0.05, 0.1) is 5.56 Å². The Morgan fingerprint density at radius 1 is 1.35 bits per heavy atom. The topological polar surface area (TPSA) is 69.7 Å². The van der Waals surface area contributed by atoms with E-state index in [0.29, 0.717) is 0 Å². The number of hydrogen-bond acceptors (Lipinski definition) is 5. The first-order chi connectivity index (χ1) is 8.15. The number of Topliss-reactive ketones (excluding diaryl/α,β-unsaturated/α-hetero) is 2. The maximum Gasteiger partial charge on any atom is 0.330 e. The molecular formula is C12H10O5. The van der Waals surface area contributed by atoms with Gasteiger partial charge in [-0.1, -0.05) is 12.1 Å². The molecule has 2 rings (SSSR count). The minimum absolute atomic E-state index is 0.198. The summed E-state index contributed by atoms with van der Waals surface area (Å²) in [6.07, 6.45) is 0. The highest BCUT2D eigenvalue weighted by Gasteiger charge is 2.41. The van der Waals surface area contributed by atoms with Gasteiger partial charge in [0.2, 0.25) is 0 Å². The summed E-state index contributed by atoms with van der Waals surface area (Å²) < 4.78 is 9.58. The number of ether oxygens (including phenoxy) is 2. The second kappa shape index (κ2) is 4.47. The van der Waals surface area contributed by atoms with Crippen LogP contribution in [0.15, 0.2) is 24.3 Å². The van der Waals surface area contributed by atoms with Gasteiger partial charge >= 0.3 is 5.97 Å². The molecule has 1 atom stereocenters. The van der Waals surface area contributed by atoms with Crippen molar-refractivity contribution in [2.24, 2.45) is 5.92 Å². The number of fused-ring (bicyclic) bond motifs is 1. The highest BCUT2D eigenvalue weighted by atomic mass is 16.5. The van der Waals surface area contributed by atoms with Crippen molar-refractivity contribution in [2.75, 3.05) is 13.7 Å². The molecule has 0 fully saturated rings. The van der Waals surface area contributed by atoms with Gasteiger partial charge < -0.3 is 9.47 Å². The maximum absolute atomic E-state index is 12.0. The predicted octanol–water partition coefficient (Wildman–Crippen LogP) is 0.620. The van der Waals surface area contributed by atoms with Crippen molar-refractivity contribution in [3.63, 3.8) is 0 Å². The zero-order valence-electron chi connectivity index (χ0n) is 9.14. The monoisotopic (exact) mass is 234 g/mol. The summed E-state index contributed by atoms with van der Waals surface area (Å²) >= 11 is 0. The average molecular weight is 234 g/mol. The Morgan fingerprint density at radius 3 is 2.76 bits per heavy atom. The fraction of sp³-hybridized carbons (Fsp3) is 0.250. The lowest BCUT2D eigenvalue weighted by Gasteiger charge is -2.20. The Morgan fingerprint density at radius 2 is 2.06 bits per heavy atom. The van der Waals surface area contributed by atoms with E-state index in [1.165, 1.54) is 19.2 Å². The molecule has 88 valence electrons. The van der Waals surface area contributed by atoms with Crippen molar-refractivity contribution in [3.05, 3.63) is 29.8 Å². The van der Waals surface area contributed by atoms with Crippen LogP contribution in [0.5, 0.6) is 5.75 Å². The zero-order chi connectivity index (χ0) is 12.4. The van der Waals surface area contributed by atoms with Crippen LogP contribution in [0.4, 0.5) is 0 Å². The molecule has 5 heteroatoms. The van der Waals surface area contributed by atoms with Gasteiger partial charge in [0.15, 0.2) is 17.5 Å². The molecule has 1 aliphatic heterocycles. The van der Waals surface area contributed by atoms with Gasteiger partial charge in [-0.2, -0.15) is 0 Å². The largest absolute Gasteiger partial charge is 0.425 e. The molecule has 1 unspecified atom stereocenters. The molecule has 0 N–H and O–H groups in total. The minimum Gasteiger partial charge on any atom is -0.425 e. The van der Waals surface area contributed by atoms with E-state index >= 15 is 0 Å². The van der Waals surface area contributed by atoms with Crippen molar-refractivity contribution < 1.29 is 23.9 Å². The van der Waals surface area contributed by atoms with Gasteiger partial charge in [0, 0.05) is 7.11 Å². The highest BCUT2D eigenvalue weighted by Crippen LogP contribution is 2.28. The first-order valence-electron chi connectivity index (χ1n) is 5.01. The molecular weight excluding hydrogens is 224 g/mol. The number of carbonyl (C=O) groups excluding carboxylic acids is 3. The lowest BCUT2D eigenvalue weighted by atomic mass is 9.91. The zero-order valence-corrected chi connectivity index (χ0v) is 9.14. The van der Waals surface area contributed by atoms with Gasteiger partial charge in [-0.25, -0.2) is 0 Å². The Kier molecular flexibility index (Phi) is 3.01. The Bertz CT molecular complexity index is 491. The fourth-order valence-electron chi connectivity index (χ4n) is 1.69. The highest BCUT2D eigenvalue weighted by molar-refractivity contribution is 6.25. The summed E-state index contributed by atoms with van der Waals surface area (Å²) in [4.78, 5) is 35.1. The fourth-order valence-corrected chi connectivity index (χ4v) is 1.69. The summed E-state index contributed by atoms with van der Waals surface area (Å²) in [6.45, 7) is -0.284. The number of ketones is 2. The van der Waals surface area contributed by atoms with Crippen molar-refractivity contribution >= 4 is 17.5 Å². The van der Waals surface area contributed by atoms with E-state index in [0.717, 1.165) is 0 Å². The number of rotatable bonds is 3. The minimum atomic E-state index is -1.40. The molecule has 0 amide bonds. The van der Waals surface area contributed by atoms with Crippen molar-refractivity contribution in [3.8, 4) is 5.75 Å². The number of hydrogen-bond donors (Lipinski definition) is 0.